The summed E-state index contributed by atoms with van der Waals surface area (Å²) in [5.41, 5.74) is 6.76. The predicted molar refractivity (Wildman–Crippen MR) is 128 cm³/mol. The van der Waals surface area contributed by atoms with Crippen molar-refractivity contribution in [1.82, 2.24) is 4.98 Å². The molecule has 1 amide bonds. The number of amides is 1. The van der Waals surface area contributed by atoms with Gasteiger partial charge in [-0.05, 0) is 73.7 Å². The van der Waals surface area contributed by atoms with Gasteiger partial charge in [0.25, 0.3) is 5.91 Å². The summed E-state index contributed by atoms with van der Waals surface area (Å²) in [6.07, 6.45) is 5.85. The second-order valence-corrected chi connectivity index (χ2v) is 8.12. The van der Waals surface area contributed by atoms with Crippen LogP contribution in [0.15, 0.2) is 78.5 Å². The highest BCUT2D eigenvalue weighted by atomic mass is 16.1. The highest BCUT2D eigenvalue weighted by molar-refractivity contribution is 6.09. The van der Waals surface area contributed by atoms with E-state index in [2.05, 4.69) is 46.8 Å². The number of rotatable bonds is 8. The van der Waals surface area contributed by atoms with Gasteiger partial charge in [-0.3, -0.25) is 9.78 Å². The Morgan fingerprint density at radius 2 is 1.75 bits per heavy atom. The first kappa shape index (κ1) is 21.5. The minimum atomic E-state index is -0.369. The molecule has 32 heavy (non-hydrogen) atoms. The molecule has 5 nitrogen and oxygen atoms in total. The first-order chi connectivity index (χ1) is 15.6. The van der Waals surface area contributed by atoms with E-state index in [1.54, 1.807) is 6.20 Å². The minimum absolute atomic E-state index is 0.0419. The van der Waals surface area contributed by atoms with Crippen LogP contribution in [0.1, 0.15) is 36.1 Å². The fourth-order valence-electron chi connectivity index (χ4n) is 4.02. The number of allylic oxidation sites excluding steroid dienone is 1. The molecule has 0 bridgehead atoms. The summed E-state index contributed by atoms with van der Waals surface area (Å²) >= 11 is 0. The van der Waals surface area contributed by atoms with Crippen molar-refractivity contribution in [3.63, 3.8) is 0 Å². The van der Waals surface area contributed by atoms with Crippen LogP contribution in [0.5, 0.6) is 0 Å². The van der Waals surface area contributed by atoms with Gasteiger partial charge in [0.1, 0.15) is 6.29 Å². The molecule has 1 unspecified atom stereocenters. The third-order valence-corrected chi connectivity index (χ3v) is 5.71. The van der Waals surface area contributed by atoms with Gasteiger partial charge in [-0.1, -0.05) is 35.9 Å². The molecule has 0 saturated heterocycles. The van der Waals surface area contributed by atoms with Crippen molar-refractivity contribution in [2.24, 2.45) is 0 Å². The van der Waals surface area contributed by atoms with Crippen LogP contribution in [0.4, 0.5) is 11.4 Å². The molecule has 1 heterocycles. The first-order valence-corrected chi connectivity index (χ1v) is 10.9. The molecule has 3 aromatic rings. The van der Waals surface area contributed by atoms with Crippen LogP contribution in [0.25, 0.3) is 5.57 Å². The zero-order valence-electron chi connectivity index (χ0n) is 18.2. The van der Waals surface area contributed by atoms with E-state index in [9.17, 15) is 9.59 Å². The molecule has 1 aliphatic rings. The topological polar surface area (TPSA) is 71.1 Å². The first-order valence-electron chi connectivity index (χ1n) is 10.9. The zero-order chi connectivity index (χ0) is 22.3. The van der Waals surface area contributed by atoms with E-state index in [4.69, 9.17) is 0 Å². The number of aryl methyl sites for hydroxylation is 1. The molecule has 0 aliphatic heterocycles. The van der Waals surface area contributed by atoms with E-state index in [0.29, 0.717) is 6.42 Å². The van der Waals surface area contributed by atoms with Gasteiger partial charge >= 0.3 is 0 Å². The van der Waals surface area contributed by atoms with E-state index in [1.807, 2.05) is 42.5 Å². The Bertz CT molecular complexity index is 1100. The second kappa shape index (κ2) is 10.1. The quantitative estimate of drug-likeness (QED) is 0.487. The van der Waals surface area contributed by atoms with Crippen LogP contribution >= 0.6 is 0 Å². The number of carbonyl (C=O) groups is 2. The number of hydrogen-bond donors (Lipinski definition) is 2. The molecule has 2 N–H and O–H groups in total. The van der Waals surface area contributed by atoms with Crippen molar-refractivity contribution in [3.05, 3.63) is 95.3 Å². The Morgan fingerprint density at radius 3 is 2.44 bits per heavy atom. The standard InChI is InChI=1S/C27H27N3O2/c1-19-8-10-20(11-9-19)25-6-4-7-26(25)27(32)30-22-14-12-21(13-15-22)29-24(18-31)17-23-5-2-3-16-28-23/h2-3,5,8-16,18,24,29H,4,6-7,17H2,1H3,(H,30,32). The van der Waals surface area contributed by atoms with E-state index in [1.165, 1.54) is 5.56 Å². The number of anilines is 2. The van der Waals surface area contributed by atoms with Gasteiger partial charge in [0.2, 0.25) is 0 Å². The SMILES string of the molecule is Cc1ccc(C2=C(C(=O)Nc3ccc(NC(C=O)Cc4ccccn4)cc3)CCC2)cc1. The lowest BCUT2D eigenvalue weighted by atomic mass is 10.0. The van der Waals surface area contributed by atoms with E-state index < -0.39 is 0 Å². The van der Waals surface area contributed by atoms with Gasteiger partial charge < -0.3 is 15.4 Å². The van der Waals surface area contributed by atoms with E-state index in [0.717, 1.165) is 59.3 Å². The third-order valence-electron chi connectivity index (χ3n) is 5.71. The van der Waals surface area contributed by atoms with Crippen LogP contribution in [-0.4, -0.2) is 23.2 Å². The Hall–Kier alpha value is -3.73. The van der Waals surface area contributed by atoms with Crippen molar-refractivity contribution >= 4 is 29.1 Å². The number of nitrogens with one attached hydrogen (secondary N) is 2. The lowest BCUT2D eigenvalue weighted by molar-refractivity contribution is -0.113. The molecular formula is C27H27N3O2. The molecule has 4 rings (SSSR count). The number of aldehydes is 1. The van der Waals surface area contributed by atoms with Gasteiger partial charge in [-0.25, -0.2) is 0 Å². The Balaban J connectivity index is 1.40. The molecule has 1 aromatic heterocycles. The Morgan fingerprint density at radius 1 is 1.00 bits per heavy atom. The Kier molecular flexibility index (Phi) is 6.75. The highest BCUT2D eigenvalue weighted by Crippen LogP contribution is 2.34. The molecular weight excluding hydrogens is 398 g/mol. The van der Waals surface area contributed by atoms with Crippen LogP contribution in [0.2, 0.25) is 0 Å². The maximum absolute atomic E-state index is 12.9. The molecule has 162 valence electrons. The number of aromatic nitrogens is 1. The van der Waals surface area contributed by atoms with Crippen LogP contribution in [-0.2, 0) is 16.0 Å². The molecule has 0 saturated carbocycles. The summed E-state index contributed by atoms with van der Waals surface area (Å²) in [5, 5.41) is 6.24. The number of carbonyl (C=O) groups excluding carboxylic acids is 2. The van der Waals surface area contributed by atoms with E-state index in [-0.39, 0.29) is 11.9 Å². The summed E-state index contributed by atoms with van der Waals surface area (Å²) in [6, 6.07) is 21.1. The van der Waals surface area contributed by atoms with Crippen LogP contribution in [0.3, 0.4) is 0 Å². The van der Waals surface area contributed by atoms with Gasteiger partial charge in [0.05, 0.1) is 6.04 Å². The minimum Gasteiger partial charge on any atom is -0.375 e. The summed E-state index contributed by atoms with van der Waals surface area (Å²) in [6.45, 7) is 2.06. The predicted octanol–water partition coefficient (Wildman–Crippen LogP) is 5.19. The molecule has 0 fully saturated rings. The monoisotopic (exact) mass is 425 g/mol. The number of benzene rings is 2. The summed E-state index contributed by atoms with van der Waals surface area (Å²) in [4.78, 5) is 28.7. The maximum atomic E-state index is 12.9. The number of pyridine rings is 1. The zero-order valence-corrected chi connectivity index (χ0v) is 18.2. The lowest BCUT2D eigenvalue weighted by Crippen LogP contribution is -2.24. The van der Waals surface area contributed by atoms with Crippen LogP contribution < -0.4 is 10.6 Å². The normalized spacial score (nSPS) is 14.2. The molecule has 0 spiro atoms. The van der Waals surface area contributed by atoms with Gasteiger partial charge in [-0.2, -0.15) is 0 Å². The van der Waals surface area contributed by atoms with Crippen molar-refractivity contribution in [1.29, 1.82) is 0 Å². The van der Waals surface area contributed by atoms with Gasteiger partial charge in [0.15, 0.2) is 0 Å². The summed E-state index contributed by atoms with van der Waals surface area (Å²) < 4.78 is 0. The second-order valence-electron chi connectivity index (χ2n) is 8.12. The summed E-state index contributed by atoms with van der Waals surface area (Å²) in [5.74, 6) is -0.0419. The largest absolute Gasteiger partial charge is 0.375 e. The van der Waals surface area contributed by atoms with Gasteiger partial charge in [-0.15, -0.1) is 0 Å². The molecule has 1 atom stereocenters. The lowest BCUT2D eigenvalue weighted by Gasteiger charge is -2.14. The number of nitrogens with zero attached hydrogens (tertiary/aromatic N) is 1. The van der Waals surface area contributed by atoms with Crippen LogP contribution in [0, 0.1) is 6.92 Å². The van der Waals surface area contributed by atoms with E-state index >= 15 is 0 Å². The highest BCUT2D eigenvalue weighted by Gasteiger charge is 2.22. The molecule has 5 heteroatoms. The fraction of sp³-hybridized carbons (Fsp3) is 0.222. The number of hydrogen-bond acceptors (Lipinski definition) is 4. The Labute approximate surface area is 188 Å². The summed E-state index contributed by atoms with van der Waals surface area (Å²) in [7, 11) is 0. The smallest absolute Gasteiger partial charge is 0.251 e. The molecule has 1 aliphatic carbocycles. The maximum Gasteiger partial charge on any atom is 0.251 e. The average Bonchev–Trinajstić information content (AvgIpc) is 3.31. The van der Waals surface area contributed by atoms with Gasteiger partial charge in [0, 0.05) is 35.3 Å². The van der Waals surface area contributed by atoms with Crippen molar-refractivity contribution in [3.8, 4) is 0 Å². The average molecular weight is 426 g/mol. The van der Waals surface area contributed by atoms with Crippen molar-refractivity contribution in [2.45, 2.75) is 38.6 Å². The molecule has 2 aromatic carbocycles. The fourth-order valence-corrected chi connectivity index (χ4v) is 4.02. The third kappa shape index (κ3) is 5.30. The van der Waals surface area contributed by atoms with Crippen molar-refractivity contribution < 1.29 is 9.59 Å². The van der Waals surface area contributed by atoms with Crippen molar-refractivity contribution in [2.75, 3.05) is 10.6 Å². The molecule has 0 radical (unpaired) electrons.